The van der Waals surface area contributed by atoms with Gasteiger partial charge in [-0.1, -0.05) is 41.9 Å². The van der Waals surface area contributed by atoms with Crippen molar-refractivity contribution in [3.05, 3.63) is 64.7 Å². The van der Waals surface area contributed by atoms with Gasteiger partial charge in [-0.15, -0.1) is 0 Å². The van der Waals surface area contributed by atoms with Crippen molar-refractivity contribution < 1.29 is 19.4 Å². The second-order valence-corrected chi connectivity index (χ2v) is 5.66. The summed E-state index contributed by atoms with van der Waals surface area (Å²) in [5.74, 6) is -1.13. The molecule has 0 bridgehead atoms. The SMILES string of the molecule is COC(=O)CNC(=O)CC(c1cccc(Cl)c1)c1ccccc1O. The maximum atomic E-state index is 12.2. The van der Waals surface area contributed by atoms with E-state index in [-0.39, 0.29) is 30.5 Å². The molecule has 0 fully saturated rings. The molecule has 0 saturated heterocycles. The van der Waals surface area contributed by atoms with Crippen LogP contribution in [0.4, 0.5) is 0 Å². The van der Waals surface area contributed by atoms with Crippen LogP contribution < -0.4 is 5.32 Å². The van der Waals surface area contributed by atoms with Crippen LogP contribution in [0.5, 0.6) is 5.75 Å². The molecule has 0 aliphatic heterocycles. The molecule has 6 heteroatoms. The van der Waals surface area contributed by atoms with E-state index in [1.165, 1.54) is 7.11 Å². The number of halogens is 1. The number of benzene rings is 2. The van der Waals surface area contributed by atoms with Gasteiger partial charge in [0.05, 0.1) is 7.11 Å². The van der Waals surface area contributed by atoms with Crippen LogP contribution in [-0.2, 0) is 14.3 Å². The molecule has 1 unspecified atom stereocenters. The summed E-state index contributed by atoms with van der Waals surface area (Å²) >= 11 is 6.05. The second-order valence-electron chi connectivity index (χ2n) is 5.22. The van der Waals surface area contributed by atoms with Crippen molar-refractivity contribution in [2.45, 2.75) is 12.3 Å². The first-order valence-corrected chi connectivity index (χ1v) is 7.76. The van der Waals surface area contributed by atoms with Crippen molar-refractivity contribution in [3.8, 4) is 5.75 Å². The van der Waals surface area contributed by atoms with Gasteiger partial charge in [0.15, 0.2) is 0 Å². The number of carbonyl (C=O) groups excluding carboxylic acids is 2. The number of phenols is 1. The minimum absolute atomic E-state index is 0.0644. The third-order valence-corrected chi connectivity index (χ3v) is 3.85. The summed E-state index contributed by atoms with van der Waals surface area (Å²) in [6, 6.07) is 14.0. The first-order chi connectivity index (χ1) is 11.5. The average Bonchev–Trinajstić information content (AvgIpc) is 2.58. The molecule has 0 saturated carbocycles. The lowest BCUT2D eigenvalue weighted by Gasteiger charge is -2.19. The number of methoxy groups -OCH3 is 1. The minimum Gasteiger partial charge on any atom is -0.508 e. The van der Waals surface area contributed by atoms with Gasteiger partial charge in [-0.25, -0.2) is 0 Å². The Labute approximate surface area is 145 Å². The largest absolute Gasteiger partial charge is 0.508 e. The highest BCUT2D eigenvalue weighted by atomic mass is 35.5. The third kappa shape index (κ3) is 4.73. The fourth-order valence-corrected chi connectivity index (χ4v) is 2.61. The number of aromatic hydroxyl groups is 1. The summed E-state index contributed by atoms with van der Waals surface area (Å²) in [7, 11) is 1.26. The summed E-state index contributed by atoms with van der Waals surface area (Å²) < 4.78 is 4.50. The van der Waals surface area contributed by atoms with E-state index in [2.05, 4.69) is 10.1 Å². The molecule has 0 heterocycles. The number of carbonyl (C=O) groups is 2. The van der Waals surface area contributed by atoms with Crippen molar-refractivity contribution >= 4 is 23.5 Å². The molecule has 5 nitrogen and oxygen atoms in total. The zero-order chi connectivity index (χ0) is 17.5. The van der Waals surface area contributed by atoms with E-state index in [0.717, 1.165) is 5.56 Å². The fourth-order valence-electron chi connectivity index (χ4n) is 2.41. The Morgan fingerprint density at radius 3 is 2.62 bits per heavy atom. The van der Waals surface area contributed by atoms with E-state index in [0.29, 0.717) is 10.6 Å². The molecule has 2 rings (SSSR count). The molecule has 1 atom stereocenters. The van der Waals surface area contributed by atoms with E-state index in [1.54, 1.807) is 42.5 Å². The van der Waals surface area contributed by atoms with Gasteiger partial charge in [0.2, 0.25) is 5.91 Å². The summed E-state index contributed by atoms with van der Waals surface area (Å²) in [5.41, 5.74) is 1.42. The zero-order valence-electron chi connectivity index (χ0n) is 13.2. The van der Waals surface area contributed by atoms with Crippen LogP contribution in [0.1, 0.15) is 23.5 Å². The topological polar surface area (TPSA) is 75.6 Å². The lowest BCUT2D eigenvalue weighted by atomic mass is 9.87. The molecule has 2 aromatic carbocycles. The number of rotatable bonds is 6. The lowest BCUT2D eigenvalue weighted by molar-refractivity contribution is -0.141. The van der Waals surface area contributed by atoms with Crippen molar-refractivity contribution in [2.24, 2.45) is 0 Å². The van der Waals surface area contributed by atoms with Crippen LogP contribution in [0, 0.1) is 0 Å². The lowest BCUT2D eigenvalue weighted by Crippen LogP contribution is -2.31. The molecular formula is C18H18ClNO4. The van der Waals surface area contributed by atoms with Crippen molar-refractivity contribution in [3.63, 3.8) is 0 Å². The van der Waals surface area contributed by atoms with Crippen LogP contribution in [0.15, 0.2) is 48.5 Å². The third-order valence-electron chi connectivity index (χ3n) is 3.61. The van der Waals surface area contributed by atoms with Crippen molar-refractivity contribution in [1.82, 2.24) is 5.32 Å². The first kappa shape index (κ1) is 17.8. The Balaban J connectivity index is 2.25. The van der Waals surface area contributed by atoms with Gasteiger partial charge in [-0.2, -0.15) is 0 Å². The number of phenolic OH excluding ortho intramolecular Hbond substituents is 1. The van der Waals surface area contributed by atoms with Gasteiger partial charge >= 0.3 is 5.97 Å². The molecule has 0 spiro atoms. The number of amides is 1. The molecule has 2 N–H and O–H groups in total. The van der Waals surface area contributed by atoms with Gasteiger partial charge in [0.25, 0.3) is 0 Å². The highest BCUT2D eigenvalue weighted by molar-refractivity contribution is 6.30. The van der Waals surface area contributed by atoms with Gasteiger partial charge in [-0.3, -0.25) is 9.59 Å². The standard InChI is InChI=1S/C18H18ClNO4/c1-24-18(23)11-20-17(22)10-15(12-5-4-6-13(19)9-12)14-7-2-3-8-16(14)21/h2-9,15,21H,10-11H2,1H3,(H,20,22). The van der Waals surface area contributed by atoms with Gasteiger partial charge in [0.1, 0.15) is 12.3 Å². The molecular weight excluding hydrogens is 330 g/mol. The van der Waals surface area contributed by atoms with Crippen molar-refractivity contribution in [1.29, 1.82) is 0 Å². The fraction of sp³-hybridized carbons (Fsp3) is 0.222. The highest BCUT2D eigenvalue weighted by Crippen LogP contribution is 2.34. The Bertz CT molecular complexity index is 732. The second kappa shape index (κ2) is 8.36. The van der Waals surface area contributed by atoms with Crippen LogP contribution in [0.25, 0.3) is 0 Å². The smallest absolute Gasteiger partial charge is 0.325 e. The van der Waals surface area contributed by atoms with E-state index < -0.39 is 5.97 Å². The van der Waals surface area contributed by atoms with Crippen LogP contribution >= 0.6 is 11.6 Å². The van der Waals surface area contributed by atoms with Crippen molar-refractivity contribution in [2.75, 3.05) is 13.7 Å². The molecule has 0 radical (unpaired) electrons. The molecule has 126 valence electrons. The summed E-state index contributed by atoms with van der Waals surface area (Å²) in [4.78, 5) is 23.3. The maximum Gasteiger partial charge on any atom is 0.325 e. The number of hydrogen-bond donors (Lipinski definition) is 2. The minimum atomic E-state index is -0.523. The first-order valence-electron chi connectivity index (χ1n) is 7.38. The normalized spacial score (nSPS) is 11.6. The van der Waals surface area contributed by atoms with E-state index >= 15 is 0 Å². The zero-order valence-corrected chi connectivity index (χ0v) is 13.9. The summed E-state index contributed by atoms with van der Waals surface area (Å²) in [5, 5.41) is 13.2. The number of hydrogen-bond acceptors (Lipinski definition) is 4. The van der Waals surface area contributed by atoms with Gasteiger partial charge in [0, 0.05) is 22.9 Å². The quantitative estimate of drug-likeness (QED) is 0.788. The van der Waals surface area contributed by atoms with Gasteiger partial charge in [-0.05, 0) is 23.8 Å². The number of para-hydroxylation sites is 1. The molecule has 24 heavy (non-hydrogen) atoms. The van der Waals surface area contributed by atoms with Crippen LogP contribution in [-0.4, -0.2) is 30.6 Å². The highest BCUT2D eigenvalue weighted by Gasteiger charge is 2.21. The van der Waals surface area contributed by atoms with E-state index in [1.807, 2.05) is 6.07 Å². The Morgan fingerprint density at radius 2 is 1.96 bits per heavy atom. The molecule has 0 aliphatic rings. The number of esters is 1. The van der Waals surface area contributed by atoms with Crippen LogP contribution in [0.2, 0.25) is 5.02 Å². The Kier molecular flexibility index (Phi) is 6.21. The molecule has 2 aromatic rings. The molecule has 0 aliphatic carbocycles. The van der Waals surface area contributed by atoms with Gasteiger partial charge < -0.3 is 15.2 Å². The van der Waals surface area contributed by atoms with E-state index in [9.17, 15) is 14.7 Å². The summed E-state index contributed by atoms with van der Waals surface area (Å²) in [6.07, 6.45) is 0.0644. The molecule has 0 aromatic heterocycles. The molecule has 1 amide bonds. The number of ether oxygens (including phenoxy) is 1. The summed E-state index contributed by atoms with van der Waals surface area (Å²) in [6.45, 7) is -0.196. The maximum absolute atomic E-state index is 12.2. The van der Waals surface area contributed by atoms with E-state index in [4.69, 9.17) is 11.6 Å². The Morgan fingerprint density at radius 1 is 1.21 bits per heavy atom. The average molecular weight is 348 g/mol. The monoisotopic (exact) mass is 347 g/mol. The number of nitrogens with one attached hydrogen (secondary N) is 1. The predicted molar refractivity (Wildman–Crippen MR) is 91.0 cm³/mol. The Hall–Kier alpha value is -2.53. The van der Waals surface area contributed by atoms with Crippen LogP contribution in [0.3, 0.4) is 0 Å². The predicted octanol–water partition coefficient (Wildman–Crippen LogP) is 2.86.